The number of carbonyl (C=O) groups is 2. The molecule has 1 fully saturated rings. The van der Waals surface area contributed by atoms with Gasteiger partial charge in [-0.05, 0) is 67.6 Å². The highest BCUT2D eigenvalue weighted by Gasteiger charge is 2.34. The number of ketones is 1. The Labute approximate surface area is 186 Å². The van der Waals surface area contributed by atoms with Crippen molar-refractivity contribution in [1.29, 1.82) is 0 Å². The Hall–Kier alpha value is -3.52. The van der Waals surface area contributed by atoms with Crippen molar-refractivity contribution >= 4 is 45.7 Å². The van der Waals surface area contributed by atoms with Crippen molar-refractivity contribution in [2.75, 3.05) is 11.4 Å². The van der Waals surface area contributed by atoms with Gasteiger partial charge in [0.15, 0.2) is 0 Å². The standard InChI is InChI=1S/C23H18ClN5O3/c1-11-8-18-16(25-22(31)21-27-26-20(29(18)21)19(30)12-2-3-12)10-15(11)23(32)28-7-6-13-9-14(24)4-5-17(13)28/h4-5,8-10,12H,2-3,6-7H2,1H3,(H,25,31). The minimum absolute atomic E-state index is 0.0533. The first-order valence-electron chi connectivity index (χ1n) is 10.5. The van der Waals surface area contributed by atoms with Crippen LogP contribution >= 0.6 is 11.6 Å². The van der Waals surface area contributed by atoms with E-state index in [9.17, 15) is 14.4 Å². The van der Waals surface area contributed by atoms with Crippen LogP contribution in [0.1, 0.15) is 44.9 Å². The average Bonchev–Trinajstić information content (AvgIpc) is 3.38. The van der Waals surface area contributed by atoms with E-state index in [1.165, 1.54) is 4.40 Å². The number of amides is 1. The Bertz CT molecular complexity index is 1530. The SMILES string of the molecule is Cc1cc2c(cc1C(=O)N1CCc3cc(Cl)ccc31)[nH]c(=O)c1nnc(C(=O)C3CC3)n12. The van der Waals surface area contributed by atoms with Crippen molar-refractivity contribution in [2.45, 2.75) is 26.2 Å². The van der Waals surface area contributed by atoms with Crippen LogP contribution in [0.5, 0.6) is 0 Å². The number of nitrogens with one attached hydrogen (secondary N) is 1. The van der Waals surface area contributed by atoms with Gasteiger partial charge < -0.3 is 9.88 Å². The molecular formula is C23H18ClN5O3. The summed E-state index contributed by atoms with van der Waals surface area (Å²) in [4.78, 5) is 43.3. The average molecular weight is 448 g/mol. The topological polar surface area (TPSA) is 100 Å². The van der Waals surface area contributed by atoms with Crippen molar-refractivity contribution in [2.24, 2.45) is 5.92 Å². The van der Waals surface area contributed by atoms with Gasteiger partial charge in [-0.3, -0.25) is 18.8 Å². The quantitative estimate of drug-likeness (QED) is 0.485. The molecule has 2 aliphatic rings. The van der Waals surface area contributed by atoms with Gasteiger partial charge >= 0.3 is 0 Å². The summed E-state index contributed by atoms with van der Waals surface area (Å²) in [6, 6.07) is 9.00. The van der Waals surface area contributed by atoms with Gasteiger partial charge in [0, 0.05) is 28.7 Å². The lowest BCUT2D eigenvalue weighted by atomic mass is 10.1. The van der Waals surface area contributed by atoms with Gasteiger partial charge in [-0.2, -0.15) is 0 Å². The number of aryl methyl sites for hydroxylation is 1. The number of hydrogen-bond donors (Lipinski definition) is 1. The number of halogens is 1. The van der Waals surface area contributed by atoms with Crippen molar-refractivity contribution in [3.63, 3.8) is 0 Å². The van der Waals surface area contributed by atoms with Gasteiger partial charge in [0.1, 0.15) is 0 Å². The fourth-order valence-corrected chi connectivity index (χ4v) is 4.66. The Kier molecular flexibility index (Phi) is 4.04. The number of H-pyrrole nitrogens is 1. The van der Waals surface area contributed by atoms with Crippen LogP contribution < -0.4 is 10.5 Å². The molecule has 0 spiro atoms. The molecule has 2 aromatic carbocycles. The van der Waals surface area contributed by atoms with Crippen LogP contribution in [0.4, 0.5) is 5.69 Å². The maximum atomic E-state index is 13.4. The molecule has 9 heteroatoms. The molecule has 1 aliphatic heterocycles. The first-order valence-corrected chi connectivity index (χ1v) is 10.9. The Morgan fingerprint density at radius 3 is 2.75 bits per heavy atom. The van der Waals surface area contributed by atoms with Crippen LogP contribution in [0.2, 0.25) is 5.02 Å². The van der Waals surface area contributed by atoms with E-state index in [1.807, 2.05) is 19.1 Å². The second-order valence-corrected chi connectivity index (χ2v) is 8.88. The Balaban J connectivity index is 1.50. The number of aromatic nitrogens is 4. The summed E-state index contributed by atoms with van der Waals surface area (Å²) >= 11 is 6.10. The summed E-state index contributed by atoms with van der Waals surface area (Å²) in [5, 5.41) is 8.60. The molecular weight excluding hydrogens is 430 g/mol. The summed E-state index contributed by atoms with van der Waals surface area (Å²) in [5.41, 5.74) is 3.77. The predicted octanol–water partition coefficient (Wildman–Crippen LogP) is 3.33. The minimum Gasteiger partial charge on any atom is -0.317 e. The van der Waals surface area contributed by atoms with Crippen LogP contribution in [0.3, 0.4) is 0 Å². The number of hydrogen-bond acceptors (Lipinski definition) is 5. The molecule has 0 atom stereocenters. The third-order valence-electron chi connectivity index (χ3n) is 6.28. The molecule has 0 radical (unpaired) electrons. The van der Waals surface area contributed by atoms with Gasteiger partial charge in [0.25, 0.3) is 11.5 Å². The molecule has 160 valence electrons. The number of fused-ring (bicyclic) bond motifs is 4. The van der Waals surface area contributed by atoms with Crippen LogP contribution in [0.15, 0.2) is 35.1 Å². The Morgan fingerprint density at radius 1 is 1.16 bits per heavy atom. The molecule has 3 heterocycles. The fraction of sp³-hybridized carbons (Fsp3) is 0.261. The minimum atomic E-state index is -0.455. The van der Waals surface area contributed by atoms with Crippen molar-refractivity contribution in [1.82, 2.24) is 19.6 Å². The van der Waals surface area contributed by atoms with E-state index in [0.717, 1.165) is 36.1 Å². The number of Topliss-reactive ketones (excluding diaryl/α,β-unsaturated/α-hetero) is 1. The second-order valence-electron chi connectivity index (χ2n) is 8.44. The zero-order chi connectivity index (χ0) is 22.1. The lowest BCUT2D eigenvalue weighted by molar-refractivity contribution is 0.0955. The highest BCUT2D eigenvalue weighted by molar-refractivity contribution is 6.30. The molecule has 0 unspecified atom stereocenters. The van der Waals surface area contributed by atoms with Gasteiger partial charge in [-0.25, -0.2) is 0 Å². The van der Waals surface area contributed by atoms with Crippen molar-refractivity contribution < 1.29 is 9.59 Å². The third-order valence-corrected chi connectivity index (χ3v) is 6.51. The first-order chi connectivity index (χ1) is 15.4. The van der Waals surface area contributed by atoms with E-state index in [2.05, 4.69) is 15.2 Å². The van der Waals surface area contributed by atoms with Crippen LogP contribution in [0.25, 0.3) is 16.7 Å². The highest BCUT2D eigenvalue weighted by Crippen LogP contribution is 2.34. The van der Waals surface area contributed by atoms with Crippen LogP contribution in [-0.4, -0.2) is 37.8 Å². The zero-order valence-corrected chi connectivity index (χ0v) is 17.9. The van der Waals surface area contributed by atoms with E-state index in [4.69, 9.17) is 11.6 Å². The molecule has 0 bridgehead atoms. The molecule has 1 amide bonds. The van der Waals surface area contributed by atoms with Crippen molar-refractivity contribution in [3.8, 4) is 0 Å². The monoisotopic (exact) mass is 447 g/mol. The molecule has 1 aliphatic carbocycles. The van der Waals surface area contributed by atoms with Gasteiger partial charge in [0.2, 0.25) is 17.3 Å². The number of benzene rings is 2. The number of carbonyl (C=O) groups excluding carboxylic acids is 2. The molecule has 1 N–H and O–H groups in total. The fourth-order valence-electron chi connectivity index (χ4n) is 4.46. The van der Waals surface area contributed by atoms with E-state index < -0.39 is 5.56 Å². The maximum Gasteiger partial charge on any atom is 0.294 e. The number of nitrogens with zero attached hydrogens (tertiary/aromatic N) is 4. The molecule has 0 saturated heterocycles. The molecule has 2 aromatic heterocycles. The lowest BCUT2D eigenvalue weighted by Crippen LogP contribution is -2.29. The third kappa shape index (κ3) is 2.79. The largest absolute Gasteiger partial charge is 0.317 e. The van der Waals surface area contributed by atoms with Gasteiger partial charge in [0.05, 0.1) is 11.0 Å². The Morgan fingerprint density at radius 2 is 1.97 bits per heavy atom. The normalized spacial score (nSPS) is 15.5. The smallest absolute Gasteiger partial charge is 0.294 e. The molecule has 8 nitrogen and oxygen atoms in total. The highest BCUT2D eigenvalue weighted by atomic mass is 35.5. The summed E-state index contributed by atoms with van der Waals surface area (Å²) in [7, 11) is 0. The van der Waals surface area contributed by atoms with Gasteiger partial charge in [-0.15, -0.1) is 10.2 Å². The number of aromatic amines is 1. The maximum absolute atomic E-state index is 13.4. The summed E-state index contributed by atoms with van der Waals surface area (Å²) in [6.07, 6.45) is 2.39. The molecule has 4 aromatic rings. The van der Waals surface area contributed by atoms with Gasteiger partial charge in [-0.1, -0.05) is 11.6 Å². The predicted molar refractivity (Wildman–Crippen MR) is 120 cm³/mol. The summed E-state index contributed by atoms with van der Waals surface area (Å²) in [6.45, 7) is 2.40. The molecule has 32 heavy (non-hydrogen) atoms. The van der Waals surface area contributed by atoms with E-state index in [1.54, 1.807) is 23.1 Å². The zero-order valence-electron chi connectivity index (χ0n) is 17.2. The van der Waals surface area contributed by atoms with Crippen molar-refractivity contribution in [3.05, 3.63) is 68.2 Å². The van der Waals surface area contributed by atoms with Crippen LogP contribution in [0, 0.1) is 12.8 Å². The summed E-state index contributed by atoms with van der Waals surface area (Å²) in [5.74, 6) is -0.135. The van der Waals surface area contributed by atoms with Crippen LogP contribution in [-0.2, 0) is 6.42 Å². The second kappa shape index (κ2) is 6.74. The molecule has 1 saturated carbocycles. The van der Waals surface area contributed by atoms with E-state index in [-0.39, 0.29) is 29.1 Å². The summed E-state index contributed by atoms with van der Waals surface area (Å²) < 4.78 is 1.52. The number of rotatable bonds is 3. The molecule has 6 rings (SSSR count). The first kappa shape index (κ1) is 19.2. The lowest BCUT2D eigenvalue weighted by Gasteiger charge is -2.19. The van der Waals surface area contributed by atoms with E-state index >= 15 is 0 Å². The number of anilines is 1. The van der Waals surface area contributed by atoms with E-state index in [0.29, 0.717) is 28.2 Å².